The van der Waals surface area contributed by atoms with Gasteiger partial charge in [0.1, 0.15) is 6.54 Å². The first-order chi connectivity index (χ1) is 19.1. The minimum atomic E-state index is -0.324. The Balaban J connectivity index is 1.26. The van der Waals surface area contributed by atoms with Gasteiger partial charge in [0.2, 0.25) is 6.79 Å². The van der Waals surface area contributed by atoms with Crippen molar-refractivity contribution < 1.29 is 23.8 Å². The van der Waals surface area contributed by atoms with Crippen LogP contribution in [0.1, 0.15) is 33.4 Å². The number of benzene rings is 1. The average Bonchev–Trinajstić information content (AvgIpc) is 3.77. The number of aryl methyl sites for hydroxylation is 1. The third-order valence-corrected chi connectivity index (χ3v) is 8.18. The smallest absolute Gasteiger partial charge is 0.264 e. The second kappa shape index (κ2) is 11.2. The molecule has 0 aliphatic carbocycles. The Labute approximate surface area is 231 Å². The number of hydrogen-bond donors (Lipinski definition) is 0. The molecule has 5 heterocycles. The van der Waals surface area contributed by atoms with E-state index >= 15 is 0 Å². The number of nitrogens with zero attached hydrogens (tertiary/aromatic N) is 5. The molecule has 0 N–H and O–H groups in total. The highest BCUT2D eigenvalue weighted by Crippen LogP contribution is 2.39. The SMILES string of the molecule is Cn1cccc1C1=NN(C(=O)CN(CCN2CCOCC2)C(=O)c2cccs2)[C@@H](c2ccc3c(c2)OCO3)C1. The fourth-order valence-electron chi connectivity index (χ4n) is 5.17. The van der Waals surface area contributed by atoms with Crippen molar-refractivity contribution in [2.24, 2.45) is 12.1 Å². The number of rotatable bonds is 8. The van der Waals surface area contributed by atoms with Crippen LogP contribution >= 0.6 is 11.3 Å². The van der Waals surface area contributed by atoms with Crippen molar-refractivity contribution in [2.45, 2.75) is 12.5 Å². The Hall–Kier alpha value is -3.67. The van der Waals surface area contributed by atoms with Crippen molar-refractivity contribution in [1.29, 1.82) is 0 Å². The predicted octanol–water partition coefficient (Wildman–Crippen LogP) is 2.97. The van der Waals surface area contributed by atoms with Crippen LogP contribution in [-0.4, -0.2) is 89.6 Å². The molecule has 2 amide bonds. The fourth-order valence-corrected chi connectivity index (χ4v) is 5.86. The van der Waals surface area contributed by atoms with E-state index in [-0.39, 0.29) is 31.2 Å². The van der Waals surface area contributed by atoms with Crippen LogP contribution < -0.4 is 9.47 Å². The van der Waals surface area contributed by atoms with Gasteiger partial charge in [0.05, 0.1) is 35.5 Å². The van der Waals surface area contributed by atoms with Crippen molar-refractivity contribution in [2.75, 3.05) is 52.7 Å². The maximum absolute atomic E-state index is 13.9. The molecule has 3 aliphatic heterocycles. The van der Waals surface area contributed by atoms with Crippen molar-refractivity contribution in [3.8, 4) is 11.5 Å². The Morgan fingerprint density at radius 1 is 1.10 bits per heavy atom. The minimum absolute atomic E-state index is 0.0635. The van der Waals surface area contributed by atoms with Crippen molar-refractivity contribution >= 4 is 28.9 Å². The highest BCUT2D eigenvalue weighted by molar-refractivity contribution is 7.12. The molecule has 1 aromatic carbocycles. The number of fused-ring (bicyclic) bond motifs is 1. The fraction of sp³-hybridized carbons (Fsp3) is 0.393. The lowest BCUT2D eigenvalue weighted by Crippen LogP contribution is -2.46. The van der Waals surface area contributed by atoms with Gasteiger partial charge in [-0.25, -0.2) is 5.01 Å². The zero-order valence-corrected chi connectivity index (χ0v) is 22.6. The summed E-state index contributed by atoms with van der Waals surface area (Å²) in [5.41, 5.74) is 2.68. The molecule has 1 fully saturated rings. The third kappa shape index (κ3) is 5.42. The number of ether oxygens (including phenoxy) is 3. The molecule has 0 unspecified atom stereocenters. The van der Waals surface area contributed by atoms with Gasteiger partial charge in [-0.2, -0.15) is 5.10 Å². The molecule has 6 rings (SSSR count). The third-order valence-electron chi connectivity index (χ3n) is 7.32. The van der Waals surface area contributed by atoms with Gasteiger partial charge in [0, 0.05) is 45.8 Å². The van der Waals surface area contributed by atoms with Gasteiger partial charge < -0.3 is 23.7 Å². The first-order valence-electron chi connectivity index (χ1n) is 13.1. The van der Waals surface area contributed by atoms with E-state index in [1.165, 1.54) is 11.3 Å². The molecule has 0 saturated carbocycles. The van der Waals surface area contributed by atoms with Gasteiger partial charge in [0.25, 0.3) is 11.8 Å². The molecule has 3 aliphatic rings. The summed E-state index contributed by atoms with van der Waals surface area (Å²) in [6.45, 7) is 4.23. The molecule has 11 heteroatoms. The summed E-state index contributed by atoms with van der Waals surface area (Å²) in [4.78, 5) is 31.9. The number of hydrogen-bond acceptors (Lipinski definition) is 8. The molecule has 10 nitrogen and oxygen atoms in total. The highest BCUT2D eigenvalue weighted by atomic mass is 32.1. The number of carbonyl (C=O) groups is 2. The van der Waals surface area contributed by atoms with Gasteiger partial charge in [-0.15, -0.1) is 11.3 Å². The van der Waals surface area contributed by atoms with Gasteiger partial charge in [-0.05, 0) is 41.3 Å². The van der Waals surface area contributed by atoms with Gasteiger partial charge in [-0.1, -0.05) is 12.1 Å². The van der Waals surface area contributed by atoms with E-state index in [9.17, 15) is 9.59 Å². The number of carbonyl (C=O) groups excluding carboxylic acids is 2. The van der Waals surface area contributed by atoms with Crippen LogP contribution in [0.3, 0.4) is 0 Å². The molecular formula is C28H31N5O5S. The first-order valence-corrected chi connectivity index (χ1v) is 14.0. The minimum Gasteiger partial charge on any atom is -0.454 e. The highest BCUT2D eigenvalue weighted by Gasteiger charge is 2.36. The Morgan fingerprint density at radius 2 is 1.95 bits per heavy atom. The van der Waals surface area contributed by atoms with E-state index in [4.69, 9.17) is 19.3 Å². The lowest BCUT2D eigenvalue weighted by atomic mass is 10.00. The van der Waals surface area contributed by atoms with E-state index in [1.54, 1.807) is 16.0 Å². The van der Waals surface area contributed by atoms with Gasteiger partial charge >= 0.3 is 0 Å². The standard InChI is InChI=1S/C28H31N5O5S/c1-30-8-2-4-22(30)21-17-23(20-6-7-24-25(16-20)38-19-37-24)33(29-21)27(34)18-32(28(35)26-5-3-15-39-26)10-9-31-11-13-36-14-12-31/h2-8,15-16,23H,9-14,17-19H2,1H3/t23-/m1/s1. The topological polar surface area (TPSA) is 88.8 Å². The van der Waals surface area contributed by atoms with E-state index < -0.39 is 0 Å². The summed E-state index contributed by atoms with van der Waals surface area (Å²) in [6, 6.07) is 13.0. The Morgan fingerprint density at radius 3 is 2.72 bits per heavy atom. The van der Waals surface area contributed by atoms with Crippen LogP contribution in [-0.2, 0) is 16.6 Å². The van der Waals surface area contributed by atoms with Crippen molar-refractivity contribution in [3.63, 3.8) is 0 Å². The van der Waals surface area contributed by atoms with Crippen LogP contribution in [0.15, 0.2) is 59.1 Å². The summed E-state index contributed by atoms with van der Waals surface area (Å²) in [5, 5.41) is 8.23. The van der Waals surface area contributed by atoms with Gasteiger partial charge in [0.15, 0.2) is 11.5 Å². The normalized spacial score (nSPS) is 18.8. The molecule has 1 saturated heterocycles. The van der Waals surface area contributed by atoms with Crippen LogP contribution in [0.2, 0.25) is 0 Å². The lowest BCUT2D eigenvalue weighted by Gasteiger charge is -2.31. The van der Waals surface area contributed by atoms with Gasteiger partial charge in [-0.3, -0.25) is 14.5 Å². The Kier molecular flexibility index (Phi) is 7.36. The number of amides is 2. The number of hydrazone groups is 1. The molecule has 0 radical (unpaired) electrons. The van der Waals surface area contributed by atoms with Crippen LogP contribution in [0.25, 0.3) is 0 Å². The van der Waals surface area contributed by atoms with Crippen LogP contribution in [0.4, 0.5) is 0 Å². The maximum Gasteiger partial charge on any atom is 0.264 e. The second-order valence-corrected chi connectivity index (χ2v) is 10.7. The summed E-state index contributed by atoms with van der Waals surface area (Å²) in [5.74, 6) is 0.979. The van der Waals surface area contributed by atoms with Crippen molar-refractivity contribution in [1.82, 2.24) is 19.4 Å². The van der Waals surface area contributed by atoms with E-state index in [1.807, 2.05) is 59.6 Å². The zero-order valence-electron chi connectivity index (χ0n) is 21.8. The molecule has 2 aromatic heterocycles. The lowest BCUT2D eigenvalue weighted by molar-refractivity contribution is -0.133. The summed E-state index contributed by atoms with van der Waals surface area (Å²) >= 11 is 1.38. The number of aromatic nitrogens is 1. The summed E-state index contributed by atoms with van der Waals surface area (Å²) in [7, 11) is 1.96. The van der Waals surface area contributed by atoms with E-state index in [2.05, 4.69) is 4.90 Å². The van der Waals surface area contributed by atoms with E-state index in [0.717, 1.165) is 30.1 Å². The molecular weight excluding hydrogens is 518 g/mol. The quantitative estimate of drug-likeness (QED) is 0.429. The van der Waals surface area contributed by atoms with Crippen molar-refractivity contribution in [3.05, 3.63) is 70.2 Å². The Bertz CT molecular complexity index is 1360. The maximum atomic E-state index is 13.9. The summed E-state index contributed by atoms with van der Waals surface area (Å²) in [6.07, 6.45) is 2.51. The summed E-state index contributed by atoms with van der Waals surface area (Å²) < 4.78 is 18.6. The molecule has 0 bridgehead atoms. The molecule has 1 atom stereocenters. The average molecular weight is 550 g/mol. The monoisotopic (exact) mass is 549 g/mol. The second-order valence-electron chi connectivity index (χ2n) is 9.78. The number of thiophene rings is 1. The molecule has 39 heavy (non-hydrogen) atoms. The zero-order chi connectivity index (χ0) is 26.8. The largest absolute Gasteiger partial charge is 0.454 e. The molecule has 0 spiro atoms. The molecule has 204 valence electrons. The van der Waals surface area contributed by atoms with Crippen LogP contribution in [0.5, 0.6) is 11.5 Å². The molecule has 3 aromatic rings. The van der Waals surface area contributed by atoms with E-state index in [0.29, 0.717) is 49.1 Å². The predicted molar refractivity (Wildman–Crippen MR) is 146 cm³/mol. The number of morpholine rings is 1. The first kappa shape index (κ1) is 25.6. The van der Waals surface area contributed by atoms with Crippen LogP contribution in [0, 0.1) is 0 Å².